The second kappa shape index (κ2) is 6.11. The van der Waals surface area contributed by atoms with Crippen LogP contribution in [0.2, 0.25) is 5.02 Å². The molecule has 2 N–H and O–H groups in total. The maximum Gasteiger partial charge on any atom is 0.0524 e. The molecule has 1 atom stereocenters. The van der Waals surface area contributed by atoms with E-state index in [4.69, 9.17) is 16.7 Å². The summed E-state index contributed by atoms with van der Waals surface area (Å²) in [5.41, 5.74) is 2.28. The average molecular weight is 228 g/mol. The van der Waals surface area contributed by atoms with E-state index < -0.39 is 0 Å². The third kappa shape index (κ3) is 4.65. The van der Waals surface area contributed by atoms with Gasteiger partial charge in [-0.3, -0.25) is 0 Å². The van der Waals surface area contributed by atoms with Gasteiger partial charge in [-0.25, -0.2) is 0 Å². The third-order valence-electron chi connectivity index (χ3n) is 2.30. The maximum absolute atomic E-state index is 9.07. The van der Waals surface area contributed by atoms with Crippen LogP contribution < -0.4 is 5.32 Å². The van der Waals surface area contributed by atoms with Crippen molar-refractivity contribution < 1.29 is 5.11 Å². The Hall–Kier alpha value is -0.570. The molecule has 0 amide bonds. The molecule has 1 aromatic carbocycles. The Morgan fingerprint density at radius 2 is 2.20 bits per heavy atom. The number of halogens is 1. The zero-order valence-corrected chi connectivity index (χ0v) is 10.0. The van der Waals surface area contributed by atoms with Gasteiger partial charge in [0, 0.05) is 11.6 Å². The highest BCUT2D eigenvalue weighted by molar-refractivity contribution is 6.31. The van der Waals surface area contributed by atoms with E-state index in [0.29, 0.717) is 0 Å². The van der Waals surface area contributed by atoms with Crippen molar-refractivity contribution in [2.24, 2.45) is 0 Å². The van der Waals surface area contributed by atoms with Gasteiger partial charge in [0.15, 0.2) is 0 Å². The molecule has 84 valence electrons. The summed E-state index contributed by atoms with van der Waals surface area (Å²) in [6.07, 6.45) is 0.540. The van der Waals surface area contributed by atoms with E-state index in [9.17, 15) is 0 Å². The molecule has 0 radical (unpaired) electrons. The first-order chi connectivity index (χ1) is 7.09. The Labute approximate surface area is 96.3 Å². The molecule has 1 rings (SSSR count). The van der Waals surface area contributed by atoms with Crippen LogP contribution in [-0.2, 0) is 6.54 Å². The van der Waals surface area contributed by atoms with Crippen LogP contribution in [0.25, 0.3) is 0 Å². The van der Waals surface area contributed by atoms with Gasteiger partial charge in [-0.1, -0.05) is 23.7 Å². The normalized spacial score (nSPS) is 12.8. The SMILES string of the molecule is Cc1ccc(CNCCC(C)O)cc1Cl. The van der Waals surface area contributed by atoms with E-state index in [-0.39, 0.29) is 6.10 Å². The number of rotatable bonds is 5. The molecule has 1 unspecified atom stereocenters. The Morgan fingerprint density at radius 3 is 2.80 bits per heavy atom. The number of aliphatic hydroxyl groups excluding tert-OH is 1. The minimum atomic E-state index is -0.237. The average Bonchev–Trinajstić information content (AvgIpc) is 2.18. The van der Waals surface area contributed by atoms with Gasteiger partial charge >= 0.3 is 0 Å². The van der Waals surface area contributed by atoms with E-state index in [0.717, 1.165) is 30.1 Å². The number of benzene rings is 1. The molecule has 0 aliphatic heterocycles. The Bertz CT molecular complexity index is 312. The van der Waals surface area contributed by atoms with Gasteiger partial charge in [0.1, 0.15) is 0 Å². The molecule has 2 nitrogen and oxygen atoms in total. The van der Waals surface area contributed by atoms with Gasteiger partial charge < -0.3 is 10.4 Å². The number of aliphatic hydroxyl groups is 1. The quantitative estimate of drug-likeness (QED) is 0.758. The van der Waals surface area contributed by atoms with Gasteiger partial charge in [0.2, 0.25) is 0 Å². The van der Waals surface area contributed by atoms with Gasteiger partial charge in [-0.2, -0.15) is 0 Å². The van der Waals surface area contributed by atoms with E-state index >= 15 is 0 Å². The van der Waals surface area contributed by atoms with Gasteiger partial charge in [0.05, 0.1) is 6.10 Å². The molecular weight excluding hydrogens is 210 g/mol. The second-order valence-corrected chi connectivity index (χ2v) is 4.31. The van der Waals surface area contributed by atoms with Crippen molar-refractivity contribution in [3.05, 3.63) is 34.3 Å². The number of hydrogen-bond acceptors (Lipinski definition) is 2. The van der Waals surface area contributed by atoms with Gasteiger partial charge in [0.25, 0.3) is 0 Å². The van der Waals surface area contributed by atoms with Gasteiger partial charge in [-0.05, 0) is 44.0 Å². The summed E-state index contributed by atoms with van der Waals surface area (Å²) in [6, 6.07) is 6.07. The summed E-state index contributed by atoms with van der Waals surface area (Å²) in [5.74, 6) is 0. The van der Waals surface area contributed by atoms with Crippen LogP contribution in [0, 0.1) is 6.92 Å². The molecule has 0 spiro atoms. The van der Waals surface area contributed by atoms with Crippen LogP contribution in [-0.4, -0.2) is 17.8 Å². The summed E-state index contributed by atoms with van der Waals surface area (Å²) >= 11 is 6.01. The van der Waals surface area contributed by atoms with Crippen molar-refractivity contribution in [2.75, 3.05) is 6.54 Å². The minimum Gasteiger partial charge on any atom is -0.393 e. The van der Waals surface area contributed by atoms with Crippen molar-refractivity contribution in [1.82, 2.24) is 5.32 Å². The predicted molar refractivity (Wildman–Crippen MR) is 64.2 cm³/mol. The maximum atomic E-state index is 9.07. The molecule has 0 saturated carbocycles. The van der Waals surface area contributed by atoms with Crippen molar-refractivity contribution in [3.63, 3.8) is 0 Å². The summed E-state index contributed by atoms with van der Waals surface area (Å²) in [6.45, 7) is 5.41. The zero-order chi connectivity index (χ0) is 11.3. The summed E-state index contributed by atoms with van der Waals surface area (Å²) < 4.78 is 0. The predicted octanol–water partition coefficient (Wildman–Crippen LogP) is 2.51. The highest BCUT2D eigenvalue weighted by Gasteiger charge is 1.98. The molecule has 0 fully saturated rings. The molecule has 0 aliphatic carbocycles. The third-order valence-corrected chi connectivity index (χ3v) is 2.71. The van der Waals surface area contributed by atoms with Crippen LogP contribution in [0.5, 0.6) is 0 Å². The van der Waals surface area contributed by atoms with E-state index in [1.807, 2.05) is 19.1 Å². The zero-order valence-electron chi connectivity index (χ0n) is 9.26. The lowest BCUT2D eigenvalue weighted by Crippen LogP contribution is -2.18. The Kier molecular flexibility index (Phi) is 5.09. The highest BCUT2D eigenvalue weighted by atomic mass is 35.5. The van der Waals surface area contributed by atoms with Crippen molar-refractivity contribution in [3.8, 4) is 0 Å². The fourth-order valence-corrected chi connectivity index (χ4v) is 1.49. The fourth-order valence-electron chi connectivity index (χ4n) is 1.29. The van der Waals surface area contributed by atoms with Crippen molar-refractivity contribution in [1.29, 1.82) is 0 Å². The van der Waals surface area contributed by atoms with E-state index in [1.54, 1.807) is 6.92 Å². The smallest absolute Gasteiger partial charge is 0.0524 e. The topological polar surface area (TPSA) is 32.3 Å². The van der Waals surface area contributed by atoms with Crippen LogP contribution in [0.4, 0.5) is 0 Å². The lowest BCUT2D eigenvalue weighted by atomic mass is 10.1. The highest BCUT2D eigenvalue weighted by Crippen LogP contribution is 2.16. The Morgan fingerprint density at radius 1 is 1.47 bits per heavy atom. The first-order valence-electron chi connectivity index (χ1n) is 5.23. The molecular formula is C12H18ClNO. The molecule has 0 aliphatic rings. The molecule has 15 heavy (non-hydrogen) atoms. The first kappa shape index (κ1) is 12.5. The molecule has 3 heteroatoms. The van der Waals surface area contributed by atoms with Crippen LogP contribution in [0.1, 0.15) is 24.5 Å². The monoisotopic (exact) mass is 227 g/mol. The van der Waals surface area contributed by atoms with Crippen LogP contribution in [0.15, 0.2) is 18.2 Å². The van der Waals surface area contributed by atoms with Crippen molar-refractivity contribution in [2.45, 2.75) is 32.9 Å². The largest absolute Gasteiger partial charge is 0.393 e. The van der Waals surface area contributed by atoms with Crippen LogP contribution >= 0.6 is 11.6 Å². The molecule has 0 bridgehead atoms. The number of nitrogens with one attached hydrogen (secondary N) is 1. The lowest BCUT2D eigenvalue weighted by molar-refractivity contribution is 0.183. The molecule has 0 aromatic heterocycles. The molecule has 0 heterocycles. The molecule has 0 saturated heterocycles. The summed E-state index contributed by atoms with van der Waals surface area (Å²) in [4.78, 5) is 0. The fraction of sp³-hybridized carbons (Fsp3) is 0.500. The summed E-state index contributed by atoms with van der Waals surface area (Å²) in [5, 5.41) is 13.1. The second-order valence-electron chi connectivity index (χ2n) is 3.90. The van der Waals surface area contributed by atoms with Crippen molar-refractivity contribution >= 4 is 11.6 Å². The summed E-state index contributed by atoms with van der Waals surface area (Å²) in [7, 11) is 0. The Balaban J connectivity index is 2.35. The lowest BCUT2D eigenvalue weighted by Gasteiger charge is -2.07. The number of aryl methyl sites for hydroxylation is 1. The minimum absolute atomic E-state index is 0.237. The molecule has 1 aromatic rings. The standard InChI is InChI=1S/C12H18ClNO/c1-9-3-4-11(7-12(9)13)8-14-6-5-10(2)15/h3-4,7,10,14-15H,5-6,8H2,1-2H3. The van der Waals surface area contributed by atoms with E-state index in [2.05, 4.69) is 11.4 Å². The first-order valence-corrected chi connectivity index (χ1v) is 5.61. The van der Waals surface area contributed by atoms with E-state index in [1.165, 1.54) is 5.56 Å². The number of hydrogen-bond donors (Lipinski definition) is 2. The van der Waals surface area contributed by atoms with Crippen LogP contribution in [0.3, 0.4) is 0 Å². The van der Waals surface area contributed by atoms with Gasteiger partial charge in [-0.15, -0.1) is 0 Å².